The molecule has 0 aromatic carbocycles. The van der Waals surface area contributed by atoms with Gasteiger partial charge in [-0.15, -0.1) is 0 Å². The number of hydrogen-bond acceptors (Lipinski definition) is 0. The summed E-state index contributed by atoms with van der Waals surface area (Å²) in [6.07, 6.45) is 4.16. The second-order valence-electron chi connectivity index (χ2n) is 2.22. The SMILES string of the molecule is C=C1C=CC(C)=CC1F. The van der Waals surface area contributed by atoms with Gasteiger partial charge in [0.2, 0.25) is 0 Å². The van der Waals surface area contributed by atoms with Gasteiger partial charge >= 0.3 is 0 Å². The van der Waals surface area contributed by atoms with Gasteiger partial charge in [0.05, 0.1) is 0 Å². The molecule has 1 unspecified atom stereocenters. The van der Waals surface area contributed by atoms with Crippen molar-refractivity contribution in [1.82, 2.24) is 0 Å². The maximum Gasteiger partial charge on any atom is 0.143 e. The lowest BCUT2D eigenvalue weighted by Gasteiger charge is -2.07. The quantitative estimate of drug-likeness (QED) is 0.465. The zero-order valence-electron chi connectivity index (χ0n) is 5.39. The third-order valence-corrected chi connectivity index (χ3v) is 1.32. The predicted molar refractivity (Wildman–Crippen MR) is 36.9 cm³/mol. The molecular weight excluding hydrogens is 115 g/mol. The molecule has 1 atom stereocenters. The standard InChI is InChI=1S/C8H9F/c1-6-3-4-7(2)8(9)5-6/h3-5,8H,2H2,1H3. The summed E-state index contributed by atoms with van der Waals surface area (Å²) in [5.74, 6) is 0. The van der Waals surface area contributed by atoms with Crippen LogP contribution in [-0.4, -0.2) is 6.17 Å². The highest BCUT2D eigenvalue weighted by molar-refractivity contribution is 5.36. The number of allylic oxidation sites excluding steroid dienone is 5. The normalized spacial score (nSPS) is 26.2. The smallest absolute Gasteiger partial charge is 0.143 e. The van der Waals surface area contributed by atoms with Crippen molar-refractivity contribution in [3.63, 3.8) is 0 Å². The molecule has 9 heavy (non-hydrogen) atoms. The Labute approximate surface area is 54.4 Å². The Kier molecular flexibility index (Phi) is 1.52. The van der Waals surface area contributed by atoms with E-state index in [9.17, 15) is 4.39 Å². The third-order valence-electron chi connectivity index (χ3n) is 1.32. The van der Waals surface area contributed by atoms with E-state index >= 15 is 0 Å². The minimum atomic E-state index is -0.963. The van der Waals surface area contributed by atoms with Gasteiger partial charge in [-0.2, -0.15) is 0 Å². The molecule has 1 heteroatoms. The molecule has 1 aliphatic carbocycles. The number of hydrogen-bond donors (Lipinski definition) is 0. The molecule has 0 nitrogen and oxygen atoms in total. The molecule has 0 spiro atoms. The molecule has 0 fully saturated rings. The minimum absolute atomic E-state index is 0.542. The fourth-order valence-electron chi connectivity index (χ4n) is 0.724. The summed E-state index contributed by atoms with van der Waals surface area (Å²) < 4.78 is 12.6. The highest BCUT2D eigenvalue weighted by Gasteiger charge is 2.07. The molecule has 0 aromatic heterocycles. The van der Waals surface area contributed by atoms with E-state index < -0.39 is 6.17 Å². The molecule has 0 N–H and O–H groups in total. The lowest BCUT2D eigenvalue weighted by atomic mass is 10.0. The topological polar surface area (TPSA) is 0 Å². The second-order valence-corrected chi connectivity index (χ2v) is 2.22. The molecule has 0 aromatic rings. The van der Waals surface area contributed by atoms with Gasteiger partial charge in [0.15, 0.2) is 0 Å². The maximum absolute atomic E-state index is 12.6. The first-order chi connectivity index (χ1) is 4.20. The van der Waals surface area contributed by atoms with E-state index in [0.717, 1.165) is 5.57 Å². The van der Waals surface area contributed by atoms with Crippen LogP contribution < -0.4 is 0 Å². The lowest BCUT2D eigenvalue weighted by Crippen LogP contribution is -2.00. The molecule has 1 aliphatic rings. The van der Waals surface area contributed by atoms with E-state index in [1.807, 2.05) is 13.0 Å². The van der Waals surface area contributed by atoms with Crippen LogP contribution in [0.4, 0.5) is 4.39 Å². The van der Waals surface area contributed by atoms with E-state index in [1.165, 1.54) is 0 Å². The summed E-state index contributed by atoms with van der Waals surface area (Å²) in [6.45, 7) is 5.39. The average molecular weight is 124 g/mol. The molecule has 1 rings (SSSR count). The highest BCUT2D eigenvalue weighted by atomic mass is 19.1. The van der Waals surface area contributed by atoms with E-state index in [4.69, 9.17) is 0 Å². The molecule has 48 valence electrons. The van der Waals surface area contributed by atoms with Crippen molar-refractivity contribution >= 4 is 0 Å². The highest BCUT2D eigenvalue weighted by Crippen LogP contribution is 2.16. The van der Waals surface area contributed by atoms with E-state index in [0.29, 0.717) is 5.57 Å². The molecule has 0 aliphatic heterocycles. The van der Waals surface area contributed by atoms with Crippen molar-refractivity contribution in [2.75, 3.05) is 0 Å². The summed E-state index contributed by atoms with van der Waals surface area (Å²) in [5.41, 5.74) is 1.51. The number of rotatable bonds is 0. The summed E-state index contributed by atoms with van der Waals surface area (Å²) in [6, 6.07) is 0. The van der Waals surface area contributed by atoms with Crippen LogP contribution >= 0.6 is 0 Å². The monoisotopic (exact) mass is 124 g/mol. The summed E-state index contributed by atoms with van der Waals surface area (Å²) in [7, 11) is 0. The van der Waals surface area contributed by atoms with Crippen molar-refractivity contribution in [2.45, 2.75) is 13.1 Å². The predicted octanol–water partition coefficient (Wildman–Crippen LogP) is 2.40. The van der Waals surface area contributed by atoms with Gasteiger partial charge in [-0.25, -0.2) is 4.39 Å². The van der Waals surface area contributed by atoms with Crippen molar-refractivity contribution in [2.24, 2.45) is 0 Å². The first-order valence-corrected chi connectivity index (χ1v) is 2.89. The van der Waals surface area contributed by atoms with Crippen LogP contribution in [0.2, 0.25) is 0 Å². The molecule has 0 bridgehead atoms. The summed E-state index contributed by atoms with van der Waals surface area (Å²) >= 11 is 0. The van der Waals surface area contributed by atoms with E-state index in [1.54, 1.807) is 12.2 Å². The van der Waals surface area contributed by atoms with E-state index in [-0.39, 0.29) is 0 Å². The van der Waals surface area contributed by atoms with Gasteiger partial charge in [0.25, 0.3) is 0 Å². The van der Waals surface area contributed by atoms with Crippen LogP contribution in [0.15, 0.2) is 36.0 Å². The summed E-state index contributed by atoms with van der Waals surface area (Å²) in [5, 5.41) is 0. The lowest BCUT2D eigenvalue weighted by molar-refractivity contribution is 0.453. The van der Waals surface area contributed by atoms with E-state index in [2.05, 4.69) is 6.58 Å². The molecule has 0 heterocycles. The van der Waals surface area contributed by atoms with Crippen LogP contribution in [0.25, 0.3) is 0 Å². The molecule has 0 saturated carbocycles. The van der Waals surface area contributed by atoms with Gasteiger partial charge in [-0.1, -0.05) is 24.3 Å². The zero-order valence-corrected chi connectivity index (χ0v) is 5.39. The van der Waals surface area contributed by atoms with Gasteiger partial charge in [-0.05, 0) is 18.6 Å². The Bertz CT molecular complexity index is 187. The van der Waals surface area contributed by atoms with Crippen molar-refractivity contribution in [3.05, 3.63) is 36.0 Å². The third kappa shape index (κ3) is 1.28. The summed E-state index contributed by atoms with van der Waals surface area (Å²) in [4.78, 5) is 0. The van der Waals surface area contributed by atoms with Crippen LogP contribution in [0.3, 0.4) is 0 Å². The Morgan fingerprint density at radius 2 is 2.22 bits per heavy atom. The maximum atomic E-state index is 12.6. The average Bonchev–Trinajstić information content (AvgIpc) is 1.80. The van der Waals surface area contributed by atoms with Crippen molar-refractivity contribution in [1.29, 1.82) is 0 Å². The Morgan fingerprint density at radius 3 is 2.67 bits per heavy atom. The number of alkyl halides is 1. The fraction of sp³-hybridized carbons (Fsp3) is 0.250. The van der Waals surface area contributed by atoms with Gasteiger partial charge in [0, 0.05) is 0 Å². The van der Waals surface area contributed by atoms with Gasteiger partial charge in [0.1, 0.15) is 6.17 Å². The van der Waals surface area contributed by atoms with Crippen molar-refractivity contribution in [3.8, 4) is 0 Å². The second kappa shape index (κ2) is 2.18. The molecule has 0 saturated heterocycles. The van der Waals surface area contributed by atoms with Crippen LogP contribution in [0.1, 0.15) is 6.92 Å². The van der Waals surface area contributed by atoms with Crippen LogP contribution in [-0.2, 0) is 0 Å². The van der Waals surface area contributed by atoms with Crippen LogP contribution in [0, 0.1) is 0 Å². The zero-order chi connectivity index (χ0) is 6.85. The van der Waals surface area contributed by atoms with Crippen molar-refractivity contribution < 1.29 is 4.39 Å². The van der Waals surface area contributed by atoms with Crippen LogP contribution in [0.5, 0.6) is 0 Å². The van der Waals surface area contributed by atoms with Gasteiger partial charge < -0.3 is 0 Å². The Hall–Kier alpha value is -0.850. The van der Waals surface area contributed by atoms with Gasteiger partial charge in [-0.3, -0.25) is 0 Å². The molecular formula is C8H9F. The first-order valence-electron chi connectivity index (χ1n) is 2.89. The first kappa shape index (κ1) is 6.27. The fourth-order valence-corrected chi connectivity index (χ4v) is 0.724. The Balaban J connectivity index is 2.82. The minimum Gasteiger partial charge on any atom is -0.238 e. The molecule has 0 radical (unpaired) electrons. The Morgan fingerprint density at radius 1 is 1.56 bits per heavy atom. The molecule has 0 amide bonds. The largest absolute Gasteiger partial charge is 0.238 e. The number of halogens is 1.